The summed E-state index contributed by atoms with van der Waals surface area (Å²) in [5.41, 5.74) is 1.15. The number of ether oxygens (including phenoxy) is 2. The minimum atomic E-state index is -0.332. The summed E-state index contributed by atoms with van der Waals surface area (Å²) < 4.78 is 13.0. The summed E-state index contributed by atoms with van der Waals surface area (Å²) in [7, 11) is 0. The second-order valence-corrected chi connectivity index (χ2v) is 6.82. The Morgan fingerprint density at radius 3 is 2.67 bits per heavy atom. The van der Waals surface area contributed by atoms with E-state index in [9.17, 15) is 5.11 Å². The maximum Gasteiger partial charge on any atom is 0.147 e. The van der Waals surface area contributed by atoms with Crippen LogP contribution in [0, 0.1) is 0 Å². The quantitative estimate of drug-likeness (QED) is 0.205. The van der Waals surface area contributed by atoms with Gasteiger partial charge in [-0.05, 0) is 57.1 Å². The van der Waals surface area contributed by atoms with E-state index in [1.54, 1.807) is 0 Å². The van der Waals surface area contributed by atoms with Crippen LogP contribution in [0.2, 0.25) is 0 Å². The van der Waals surface area contributed by atoms with Gasteiger partial charge in [0.15, 0.2) is 0 Å². The van der Waals surface area contributed by atoms with E-state index in [0.29, 0.717) is 20.0 Å². The molecule has 1 unspecified atom stereocenters. The van der Waals surface area contributed by atoms with E-state index in [2.05, 4.69) is 45.2 Å². The molecule has 1 rings (SSSR count). The maximum atomic E-state index is 9.77. The van der Waals surface area contributed by atoms with E-state index in [1.807, 2.05) is 36.4 Å². The van der Waals surface area contributed by atoms with Crippen LogP contribution in [0.4, 0.5) is 0 Å². The number of halogens is 2. The molecule has 0 heterocycles. The lowest BCUT2D eigenvalue weighted by molar-refractivity contribution is -0.0625. The molecule has 1 aromatic carbocycles. The zero-order valence-electron chi connectivity index (χ0n) is 12.0. The van der Waals surface area contributed by atoms with Crippen molar-refractivity contribution in [1.29, 1.82) is 0 Å². The van der Waals surface area contributed by atoms with Gasteiger partial charge in [0.2, 0.25) is 0 Å². The number of unbranched alkanes of at least 4 members (excludes halogenated alkanes) is 1. The van der Waals surface area contributed by atoms with Crippen LogP contribution in [-0.4, -0.2) is 29.0 Å². The fraction of sp³-hybridized carbons (Fsp3) is 0.500. The van der Waals surface area contributed by atoms with E-state index in [4.69, 9.17) is 9.47 Å². The lowest BCUT2D eigenvalue weighted by Crippen LogP contribution is -2.05. The molecule has 0 amide bonds. The minimum Gasteiger partial charge on any atom is -0.389 e. The van der Waals surface area contributed by atoms with Crippen molar-refractivity contribution in [3.05, 3.63) is 45.6 Å². The number of hydrogen-bond donors (Lipinski definition) is 1. The van der Waals surface area contributed by atoms with Crippen LogP contribution in [0.3, 0.4) is 0 Å². The molecule has 0 aliphatic heterocycles. The Labute approximate surface area is 154 Å². The van der Waals surface area contributed by atoms with Gasteiger partial charge < -0.3 is 14.6 Å². The molecule has 0 radical (unpaired) electrons. The second kappa shape index (κ2) is 12.8. The van der Waals surface area contributed by atoms with Crippen LogP contribution in [0.5, 0.6) is 0 Å². The fourth-order valence-corrected chi connectivity index (χ4v) is 2.42. The summed E-state index contributed by atoms with van der Waals surface area (Å²) in [6.07, 6.45) is 4.29. The molecule has 0 saturated heterocycles. The highest BCUT2D eigenvalue weighted by Crippen LogP contribution is 2.13. The lowest BCUT2D eigenvalue weighted by atomic mass is 10.1. The molecule has 1 aromatic rings. The smallest absolute Gasteiger partial charge is 0.147 e. The van der Waals surface area contributed by atoms with Crippen molar-refractivity contribution >= 4 is 45.2 Å². The molecule has 118 valence electrons. The van der Waals surface area contributed by atoms with Crippen LogP contribution < -0.4 is 0 Å². The molecule has 3 nitrogen and oxygen atoms in total. The number of allylic oxidation sites excluding steroid dienone is 1. The molecule has 0 spiro atoms. The molecule has 0 aliphatic carbocycles. The Bertz CT molecular complexity index is 396. The number of alkyl halides is 1. The molecular formula is C16H22I2O3. The SMILES string of the molecule is OC(/C=C(/I)CI)CCCCOCOCc1ccccc1. The van der Waals surface area contributed by atoms with Gasteiger partial charge in [-0.15, -0.1) is 0 Å². The Balaban J connectivity index is 1.93. The summed E-state index contributed by atoms with van der Waals surface area (Å²) in [6.45, 7) is 1.58. The fourth-order valence-electron chi connectivity index (χ4n) is 1.75. The molecule has 0 fully saturated rings. The maximum absolute atomic E-state index is 9.77. The Morgan fingerprint density at radius 2 is 1.95 bits per heavy atom. The van der Waals surface area contributed by atoms with E-state index in [-0.39, 0.29) is 6.10 Å². The van der Waals surface area contributed by atoms with E-state index < -0.39 is 0 Å². The number of aliphatic hydroxyl groups excluding tert-OH is 1. The molecule has 1 N–H and O–H groups in total. The van der Waals surface area contributed by atoms with Crippen LogP contribution in [0.25, 0.3) is 0 Å². The van der Waals surface area contributed by atoms with Crippen LogP contribution >= 0.6 is 45.2 Å². The summed E-state index contributed by atoms with van der Waals surface area (Å²) in [4.78, 5) is 0. The van der Waals surface area contributed by atoms with Crippen molar-refractivity contribution in [2.45, 2.75) is 32.0 Å². The number of rotatable bonds is 11. The first-order valence-electron chi connectivity index (χ1n) is 7.02. The number of aliphatic hydroxyl groups is 1. The van der Waals surface area contributed by atoms with Gasteiger partial charge in [-0.25, -0.2) is 0 Å². The Kier molecular flexibility index (Phi) is 11.8. The van der Waals surface area contributed by atoms with E-state index >= 15 is 0 Å². The van der Waals surface area contributed by atoms with Gasteiger partial charge in [-0.1, -0.05) is 52.9 Å². The van der Waals surface area contributed by atoms with Crippen molar-refractivity contribution < 1.29 is 14.6 Å². The zero-order valence-corrected chi connectivity index (χ0v) is 16.3. The van der Waals surface area contributed by atoms with E-state index in [0.717, 1.165) is 29.3 Å². The molecule has 0 aliphatic rings. The monoisotopic (exact) mass is 516 g/mol. The van der Waals surface area contributed by atoms with Gasteiger partial charge in [0.1, 0.15) is 6.79 Å². The third-order valence-corrected chi connectivity index (χ3v) is 5.84. The summed E-state index contributed by atoms with van der Waals surface area (Å²) >= 11 is 4.56. The summed E-state index contributed by atoms with van der Waals surface area (Å²) in [5.74, 6) is 0. The van der Waals surface area contributed by atoms with Crippen LogP contribution in [0.1, 0.15) is 24.8 Å². The Hall–Kier alpha value is 0.300. The summed E-state index contributed by atoms with van der Waals surface area (Å²) in [5, 5.41) is 9.77. The predicted octanol–water partition coefficient (Wildman–Crippen LogP) is 4.46. The zero-order chi connectivity index (χ0) is 15.3. The van der Waals surface area contributed by atoms with Gasteiger partial charge >= 0.3 is 0 Å². The first-order chi connectivity index (χ1) is 10.2. The molecular weight excluding hydrogens is 494 g/mol. The highest BCUT2D eigenvalue weighted by Gasteiger charge is 2.01. The van der Waals surface area contributed by atoms with Crippen molar-refractivity contribution in [3.63, 3.8) is 0 Å². The largest absolute Gasteiger partial charge is 0.389 e. The molecule has 5 heteroatoms. The normalized spacial score (nSPS) is 13.4. The minimum absolute atomic E-state index is 0.323. The van der Waals surface area contributed by atoms with Crippen molar-refractivity contribution in [2.24, 2.45) is 0 Å². The van der Waals surface area contributed by atoms with Crippen molar-refractivity contribution in [3.8, 4) is 0 Å². The van der Waals surface area contributed by atoms with E-state index in [1.165, 1.54) is 3.58 Å². The molecule has 21 heavy (non-hydrogen) atoms. The predicted molar refractivity (Wildman–Crippen MR) is 103 cm³/mol. The first kappa shape index (κ1) is 19.3. The first-order valence-corrected chi connectivity index (χ1v) is 9.62. The van der Waals surface area contributed by atoms with Crippen LogP contribution in [-0.2, 0) is 16.1 Å². The standard InChI is InChI=1S/C16H22I2O3/c17-11-15(18)10-16(19)8-4-5-9-20-13-21-12-14-6-2-1-3-7-14/h1-3,6-7,10,16,19H,4-5,8-9,11-13H2/b15-10+. The van der Waals surface area contributed by atoms with Crippen molar-refractivity contribution in [2.75, 3.05) is 17.8 Å². The highest BCUT2D eigenvalue weighted by atomic mass is 127. The third-order valence-electron chi connectivity index (χ3n) is 2.82. The average molecular weight is 516 g/mol. The lowest BCUT2D eigenvalue weighted by Gasteiger charge is -2.08. The Morgan fingerprint density at radius 1 is 1.19 bits per heavy atom. The summed E-state index contributed by atoms with van der Waals surface area (Å²) in [6, 6.07) is 10.1. The van der Waals surface area contributed by atoms with Gasteiger partial charge in [-0.2, -0.15) is 0 Å². The van der Waals surface area contributed by atoms with Crippen LogP contribution in [0.15, 0.2) is 40.0 Å². The molecule has 1 atom stereocenters. The molecule has 0 saturated carbocycles. The van der Waals surface area contributed by atoms with Gasteiger partial charge in [0.25, 0.3) is 0 Å². The highest BCUT2D eigenvalue weighted by molar-refractivity contribution is 14.1. The molecule has 0 aromatic heterocycles. The number of benzene rings is 1. The third kappa shape index (κ3) is 10.6. The van der Waals surface area contributed by atoms with Gasteiger partial charge in [-0.3, -0.25) is 0 Å². The van der Waals surface area contributed by atoms with Crippen molar-refractivity contribution in [1.82, 2.24) is 0 Å². The molecule has 0 bridgehead atoms. The second-order valence-electron chi connectivity index (χ2n) is 4.67. The number of hydrogen-bond acceptors (Lipinski definition) is 3. The van der Waals surface area contributed by atoms with Gasteiger partial charge in [0.05, 0.1) is 12.7 Å². The average Bonchev–Trinajstić information content (AvgIpc) is 2.50. The topological polar surface area (TPSA) is 38.7 Å². The van der Waals surface area contributed by atoms with Gasteiger partial charge in [0, 0.05) is 11.0 Å².